The minimum atomic E-state index is -0.577. The summed E-state index contributed by atoms with van der Waals surface area (Å²) in [4.78, 5) is 10.9. The van der Waals surface area contributed by atoms with Crippen LogP contribution in [0.2, 0.25) is 0 Å². The molecule has 1 atom stereocenters. The van der Waals surface area contributed by atoms with Gasteiger partial charge in [-0.25, -0.2) is 0 Å². The Balaban J connectivity index is 3.59. The summed E-state index contributed by atoms with van der Waals surface area (Å²) in [5.41, 5.74) is 5.32. The Hall–Kier alpha value is -0.610. The quantitative estimate of drug-likeness (QED) is 0.661. The maximum Gasteiger partial charge on any atom is 0.322 e. The predicted octanol–water partition coefficient (Wildman–Crippen LogP) is 0.692. The minimum Gasteiger partial charge on any atom is -0.468 e. The van der Waals surface area contributed by atoms with E-state index < -0.39 is 12.0 Å². The van der Waals surface area contributed by atoms with Gasteiger partial charge in [0.2, 0.25) is 0 Å². The molecule has 0 heterocycles. The number of carbonyl (C=O) groups excluding carboxylic acids is 1. The molecule has 13 heavy (non-hydrogen) atoms. The number of hydrogen-bond donors (Lipinski definition) is 1. The molecule has 0 bridgehead atoms. The van der Waals surface area contributed by atoms with E-state index in [-0.39, 0.29) is 5.60 Å². The largest absolute Gasteiger partial charge is 0.468 e. The number of ether oxygens (including phenoxy) is 2. The van der Waals surface area contributed by atoms with Crippen LogP contribution >= 0.6 is 0 Å². The Morgan fingerprint density at radius 1 is 1.46 bits per heavy atom. The molecule has 4 nitrogen and oxygen atoms in total. The second-order valence-corrected chi connectivity index (χ2v) is 3.88. The second-order valence-electron chi connectivity index (χ2n) is 3.88. The smallest absolute Gasteiger partial charge is 0.322 e. The third kappa shape index (κ3) is 6.54. The van der Waals surface area contributed by atoms with Crippen LogP contribution in [0, 0.1) is 0 Å². The zero-order valence-electron chi connectivity index (χ0n) is 8.79. The minimum absolute atomic E-state index is 0.185. The molecule has 2 N–H and O–H groups in total. The molecule has 4 heteroatoms. The van der Waals surface area contributed by atoms with Gasteiger partial charge in [-0.1, -0.05) is 0 Å². The molecule has 0 saturated heterocycles. The van der Waals surface area contributed by atoms with Crippen molar-refractivity contribution < 1.29 is 14.3 Å². The van der Waals surface area contributed by atoms with Crippen LogP contribution in [-0.2, 0) is 14.3 Å². The molecule has 0 amide bonds. The van der Waals surface area contributed by atoms with Crippen LogP contribution in [0.1, 0.15) is 27.2 Å². The summed E-state index contributed by atoms with van der Waals surface area (Å²) < 4.78 is 9.88. The number of rotatable bonds is 4. The third-order valence-corrected chi connectivity index (χ3v) is 1.47. The Morgan fingerprint density at radius 2 is 2.00 bits per heavy atom. The molecule has 0 aromatic rings. The van der Waals surface area contributed by atoms with Crippen molar-refractivity contribution in [3.8, 4) is 0 Å². The topological polar surface area (TPSA) is 61.5 Å². The van der Waals surface area contributed by atoms with Gasteiger partial charge in [0.05, 0.1) is 12.7 Å². The lowest BCUT2D eigenvalue weighted by Crippen LogP contribution is -2.34. The lowest BCUT2D eigenvalue weighted by atomic mass is 10.2. The lowest BCUT2D eigenvalue weighted by Gasteiger charge is -2.20. The molecule has 0 aromatic carbocycles. The van der Waals surface area contributed by atoms with Crippen molar-refractivity contribution in [3.05, 3.63) is 0 Å². The van der Waals surface area contributed by atoms with E-state index in [0.29, 0.717) is 13.0 Å². The van der Waals surface area contributed by atoms with E-state index in [1.54, 1.807) is 0 Å². The summed E-state index contributed by atoms with van der Waals surface area (Å²) in [6.45, 7) is 6.34. The van der Waals surface area contributed by atoms with E-state index in [1.807, 2.05) is 20.8 Å². The van der Waals surface area contributed by atoms with Crippen molar-refractivity contribution in [1.29, 1.82) is 0 Å². The Bertz CT molecular complexity index is 163. The van der Waals surface area contributed by atoms with Crippen LogP contribution < -0.4 is 5.73 Å². The molecule has 78 valence electrons. The first-order valence-electron chi connectivity index (χ1n) is 4.34. The van der Waals surface area contributed by atoms with Gasteiger partial charge in [-0.15, -0.1) is 0 Å². The van der Waals surface area contributed by atoms with E-state index in [0.717, 1.165) is 0 Å². The fourth-order valence-electron chi connectivity index (χ4n) is 0.761. The molecule has 0 aliphatic carbocycles. The van der Waals surface area contributed by atoms with Crippen molar-refractivity contribution in [2.24, 2.45) is 5.73 Å². The first-order valence-corrected chi connectivity index (χ1v) is 4.34. The second kappa shape index (κ2) is 5.19. The lowest BCUT2D eigenvalue weighted by molar-refractivity contribution is -0.143. The van der Waals surface area contributed by atoms with Gasteiger partial charge < -0.3 is 15.2 Å². The van der Waals surface area contributed by atoms with Crippen molar-refractivity contribution in [1.82, 2.24) is 0 Å². The highest BCUT2D eigenvalue weighted by Crippen LogP contribution is 2.07. The van der Waals surface area contributed by atoms with Gasteiger partial charge in [0, 0.05) is 6.61 Å². The summed E-state index contributed by atoms with van der Waals surface area (Å²) in [5, 5.41) is 0. The maximum atomic E-state index is 10.9. The number of methoxy groups -OCH3 is 1. The molecule has 1 unspecified atom stereocenters. The average Bonchev–Trinajstić information content (AvgIpc) is 2.00. The molecular weight excluding hydrogens is 170 g/mol. The number of nitrogens with two attached hydrogens (primary N) is 1. The fourth-order valence-corrected chi connectivity index (χ4v) is 0.761. The molecule has 0 fully saturated rings. The van der Waals surface area contributed by atoms with E-state index in [2.05, 4.69) is 4.74 Å². The summed E-state index contributed by atoms with van der Waals surface area (Å²) in [7, 11) is 1.33. The SMILES string of the molecule is COC(=O)C(N)CCOC(C)(C)C. The summed E-state index contributed by atoms with van der Waals surface area (Å²) >= 11 is 0. The maximum absolute atomic E-state index is 10.9. The Morgan fingerprint density at radius 3 is 2.38 bits per heavy atom. The van der Waals surface area contributed by atoms with Crippen molar-refractivity contribution in [2.45, 2.75) is 38.8 Å². The van der Waals surface area contributed by atoms with E-state index in [9.17, 15) is 4.79 Å². The normalized spacial score (nSPS) is 13.9. The molecule has 0 saturated carbocycles. The van der Waals surface area contributed by atoms with Crippen LogP contribution in [-0.4, -0.2) is 31.3 Å². The molecule has 0 aliphatic rings. The Kier molecular flexibility index (Phi) is 4.95. The first kappa shape index (κ1) is 12.4. The highest BCUT2D eigenvalue weighted by molar-refractivity contribution is 5.75. The fraction of sp³-hybridized carbons (Fsp3) is 0.889. The van der Waals surface area contributed by atoms with Gasteiger partial charge in [0.25, 0.3) is 0 Å². The highest BCUT2D eigenvalue weighted by Gasteiger charge is 2.15. The van der Waals surface area contributed by atoms with Gasteiger partial charge in [-0.2, -0.15) is 0 Å². The molecule has 0 rings (SSSR count). The molecule has 0 spiro atoms. The summed E-state index contributed by atoms with van der Waals surface area (Å²) in [6.07, 6.45) is 0.490. The number of carbonyl (C=O) groups is 1. The zero-order valence-corrected chi connectivity index (χ0v) is 8.79. The number of esters is 1. The predicted molar refractivity (Wildman–Crippen MR) is 50.3 cm³/mol. The standard InChI is InChI=1S/C9H19NO3/c1-9(2,3)13-6-5-7(10)8(11)12-4/h7H,5-6,10H2,1-4H3. The van der Waals surface area contributed by atoms with E-state index in [1.165, 1.54) is 7.11 Å². The molecule has 0 aliphatic heterocycles. The Labute approximate surface area is 79.4 Å². The zero-order chi connectivity index (χ0) is 10.5. The van der Waals surface area contributed by atoms with Crippen LogP contribution in [0.3, 0.4) is 0 Å². The van der Waals surface area contributed by atoms with Crippen molar-refractivity contribution in [3.63, 3.8) is 0 Å². The first-order chi connectivity index (χ1) is 5.87. The van der Waals surface area contributed by atoms with Gasteiger partial charge in [-0.05, 0) is 27.2 Å². The van der Waals surface area contributed by atoms with Crippen LogP contribution in [0.15, 0.2) is 0 Å². The van der Waals surface area contributed by atoms with Gasteiger partial charge in [0.15, 0.2) is 0 Å². The van der Waals surface area contributed by atoms with Gasteiger partial charge >= 0.3 is 5.97 Å². The third-order valence-electron chi connectivity index (χ3n) is 1.47. The van der Waals surface area contributed by atoms with Gasteiger partial charge in [0.1, 0.15) is 6.04 Å². The van der Waals surface area contributed by atoms with Gasteiger partial charge in [-0.3, -0.25) is 4.79 Å². The highest BCUT2D eigenvalue weighted by atomic mass is 16.5. The number of hydrogen-bond acceptors (Lipinski definition) is 4. The van der Waals surface area contributed by atoms with Crippen molar-refractivity contribution >= 4 is 5.97 Å². The summed E-state index contributed by atoms with van der Waals surface area (Å²) in [5.74, 6) is -0.391. The molecule has 0 aromatic heterocycles. The van der Waals surface area contributed by atoms with Crippen molar-refractivity contribution in [2.75, 3.05) is 13.7 Å². The van der Waals surface area contributed by atoms with Crippen LogP contribution in [0.4, 0.5) is 0 Å². The van der Waals surface area contributed by atoms with E-state index >= 15 is 0 Å². The molecule has 0 radical (unpaired) electrons. The summed E-state index contributed by atoms with van der Waals surface area (Å²) in [6, 6.07) is -0.577. The van der Waals surface area contributed by atoms with Crippen LogP contribution in [0.5, 0.6) is 0 Å². The van der Waals surface area contributed by atoms with Crippen LogP contribution in [0.25, 0.3) is 0 Å². The average molecular weight is 189 g/mol. The molecular formula is C9H19NO3. The van der Waals surface area contributed by atoms with E-state index in [4.69, 9.17) is 10.5 Å². The monoisotopic (exact) mass is 189 g/mol.